The number of fused-ring (bicyclic) bond motifs is 1. The molecule has 0 saturated carbocycles. The van der Waals surface area contributed by atoms with E-state index in [0.29, 0.717) is 0 Å². The zero-order valence-electron chi connectivity index (χ0n) is 14.6. The highest BCUT2D eigenvalue weighted by Gasteiger charge is 2.36. The van der Waals surface area contributed by atoms with Gasteiger partial charge in [0.2, 0.25) is 0 Å². The summed E-state index contributed by atoms with van der Waals surface area (Å²) in [5, 5.41) is 7.84. The fourth-order valence-electron chi connectivity index (χ4n) is 3.85. The van der Waals surface area contributed by atoms with Crippen LogP contribution in [0, 0.1) is 0 Å². The molecular formula is C22H17N5. The summed E-state index contributed by atoms with van der Waals surface area (Å²) in [6.07, 6.45) is 16.2. The number of nitrogens with one attached hydrogen (secondary N) is 1. The van der Waals surface area contributed by atoms with Crippen LogP contribution in [0.2, 0.25) is 0 Å². The Morgan fingerprint density at radius 1 is 0.815 bits per heavy atom. The van der Waals surface area contributed by atoms with Crippen LogP contribution >= 0.6 is 0 Å². The number of hydrogen-bond acceptors (Lipinski definition) is 4. The third kappa shape index (κ3) is 2.56. The van der Waals surface area contributed by atoms with Crippen molar-refractivity contribution in [2.24, 2.45) is 0 Å². The van der Waals surface area contributed by atoms with Crippen LogP contribution in [0.15, 0.2) is 79.7 Å². The van der Waals surface area contributed by atoms with Crippen molar-refractivity contribution >= 4 is 6.08 Å². The second-order valence-electron chi connectivity index (χ2n) is 6.66. The predicted octanol–water partition coefficient (Wildman–Crippen LogP) is 3.82. The van der Waals surface area contributed by atoms with Gasteiger partial charge in [-0.05, 0) is 47.5 Å². The largest absolute Gasteiger partial charge is 0.281 e. The van der Waals surface area contributed by atoms with E-state index < -0.39 is 0 Å². The van der Waals surface area contributed by atoms with Crippen LogP contribution in [0.5, 0.6) is 0 Å². The van der Waals surface area contributed by atoms with Gasteiger partial charge in [0, 0.05) is 65.8 Å². The number of aromatic nitrogens is 5. The van der Waals surface area contributed by atoms with Gasteiger partial charge in [-0.2, -0.15) is 5.10 Å². The molecule has 0 aliphatic heterocycles. The fourth-order valence-corrected chi connectivity index (χ4v) is 3.85. The Kier molecular flexibility index (Phi) is 3.64. The average molecular weight is 351 g/mol. The molecule has 1 aliphatic carbocycles. The molecule has 5 rings (SSSR count). The summed E-state index contributed by atoms with van der Waals surface area (Å²) in [5.41, 5.74) is 6.31. The molecule has 5 nitrogen and oxygen atoms in total. The van der Waals surface area contributed by atoms with Gasteiger partial charge in [0.1, 0.15) is 5.69 Å². The Morgan fingerprint density at radius 3 is 2.15 bits per heavy atom. The van der Waals surface area contributed by atoms with E-state index in [-0.39, 0.29) is 5.41 Å². The first-order valence-electron chi connectivity index (χ1n) is 8.85. The molecule has 0 spiro atoms. The minimum absolute atomic E-state index is 0.280. The maximum Gasteiger partial charge on any atom is 0.101 e. The van der Waals surface area contributed by atoms with Crippen LogP contribution in [-0.2, 0) is 11.8 Å². The number of rotatable bonds is 3. The highest BCUT2D eigenvalue weighted by atomic mass is 15.1. The smallest absolute Gasteiger partial charge is 0.101 e. The molecule has 4 aromatic heterocycles. The third-order valence-corrected chi connectivity index (χ3v) is 5.20. The third-order valence-electron chi connectivity index (χ3n) is 5.20. The number of nitrogens with zero attached hydrogens (tertiary/aromatic N) is 4. The molecular weight excluding hydrogens is 334 g/mol. The van der Waals surface area contributed by atoms with E-state index in [0.717, 1.165) is 28.9 Å². The Hall–Kier alpha value is -3.60. The second kappa shape index (κ2) is 6.29. The van der Waals surface area contributed by atoms with Gasteiger partial charge in [-0.3, -0.25) is 20.1 Å². The van der Waals surface area contributed by atoms with Crippen molar-refractivity contribution in [3.05, 3.63) is 102 Å². The Bertz CT molecular complexity index is 1050. The lowest BCUT2D eigenvalue weighted by Gasteiger charge is -2.34. The lowest BCUT2D eigenvalue weighted by Crippen LogP contribution is -2.30. The summed E-state index contributed by atoms with van der Waals surface area (Å²) in [6, 6.07) is 12.3. The van der Waals surface area contributed by atoms with Crippen molar-refractivity contribution in [1.29, 1.82) is 0 Å². The van der Waals surface area contributed by atoms with E-state index in [1.165, 1.54) is 11.1 Å². The van der Waals surface area contributed by atoms with Crippen LogP contribution < -0.4 is 0 Å². The summed E-state index contributed by atoms with van der Waals surface area (Å²) < 4.78 is 0. The molecule has 1 N–H and O–H groups in total. The number of allylic oxidation sites excluding steroid dienone is 1. The van der Waals surface area contributed by atoms with Gasteiger partial charge in [-0.1, -0.05) is 12.2 Å². The van der Waals surface area contributed by atoms with Gasteiger partial charge in [0.05, 0.1) is 0 Å². The number of aromatic amines is 1. The molecule has 0 bridgehead atoms. The van der Waals surface area contributed by atoms with E-state index in [9.17, 15) is 0 Å². The SMILES string of the molecule is C1=CC(c2ccncc2)(c2ccncc2)Cc2[nH]nc(-c3cccnc3)c21. The number of H-pyrrole nitrogens is 1. The molecule has 4 aromatic rings. The van der Waals surface area contributed by atoms with E-state index in [4.69, 9.17) is 0 Å². The molecule has 0 aromatic carbocycles. The Balaban J connectivity index is 1.66. The first kappa shape index (κ1) is 15.6. The molecule has 130 valence electrons. The van der Waals surface area contributed by atoms with Crippen molar-refractivity contribution in [2.75, 3.05) is 0 Å². The normalized spacial score (nSPS) is 14.7. The van der Waals surface area contributed by atoms with Gasteiger partial charge in [-0.25, -0.2) is 0 Å². The van der Waals surface area contributed by atoms with Gasteiger partial charge < -0.3 is 0 Å². The molecule has 0 fully saturated rings. The average Bonchev–Trinajstić information content (AvgIpc) is 3.18. The number of pyridine rings is 3. The minimum atomic E-state index is -0.280. The maximum atomic E-state index is 4.58. The summed E-state index contributed by atoms with van der Waals surface area (Å²) >= 11 is 0. The molecule has 0 unspecified atom stereocenters. The Labute approximate surface area is 156 Å². The minimum Gasteiger partial charge on any atom is -0.281 e. The van der Waals surface area contributed by atoms with Crippen LogP contribution in [0.4, 0.5) is 0 Å². The van der Waals surface area contributed by atoms with E-state index in [1.54, 1.807) is 6.20 Å². The standard InChI is InChI=1S/C22H17N5/c1-2-16(15-25-9-1)21-19-3-8-22(14-20(19)26-27-21,17-4-10-23-11-5-17)18-6-12-24-13-7-18/h1-13,15H,14H2,(H,26,27). The molecule has 0 radical (unpaired) electrons. The fraction of sp³-hybridized carbons (Fsp3) is 0.0909. The second-order valence-corrected chi connectivity index (χ2v) is 6.66. The van der Waals surface area contributed by atoms with Crippen molar-refractivity contribution in [2.45, 2.75) is 11.8 Å². The first-order valence-corrected chi connectivity index (χ1v) is 8.85. The zero-order chi connectivity index (χ0) is 18.1. The van der Waals surface area contributed by atoms with Crippen molar-refractivity contribution in [3.63, 3.8) is 0 Å². The Morgan fingerprint density at radius 2 is 1.52 bits per heavy atom. The summed E-state index contributed by atoms with van der Waals surface area (Å²) in [6.45, 7) is 0. The molecule has 1 aliphatic rings. The molecule has 0 amide bonds. The monoisotopic (exact) mass is 351 g/mol. The van der Waals surface area contributed by atoms with Crippen LogP contribution in [0.1, 0.15) is 22.4 Å². The first-order chi connectivity index (χ1) is 13.4. The van der Waals surface area contributed by atoms with Crippen LogP contribution in [-0.4, -0.2) is 25.1 Å². The number of hydrogen-bond donors (Lipinski definition) is 1. The van der Waals surface area contributed by atoms with Gasteiger partial charge in [0.15, 0.2) is 0 Å². The quantitative estimate of drug-likeness (QED) is 0.609. The highest BCUT2D eigenvalue weighted by molar-refractivity contribution is 5.76. The molecule has 0 atom stereocenters. The summed E-state index contributed by atoms with van der Waals surface area (Å²) in [7, 11) is 0. The lowest BCUT2D eigenvalue weighted by molar-refractivity contribution is 0.619. The predicted molar refractivity (Wildman–Crippen MR) is 104 cm³/mol. The van der Waals surface area contributed by atoms with Gasteiger partial charge >= 0.3 is 0 Å². The van der Waals surface area contributed by atoms with E-state index >= 15 is 0 Å². The molecule has 27 heavy (non-hydrogen) atoms. The maximum absolute atomic E-state index is 4.58. The molecule has 4 heterocycles. The topological polar surface area (TPSA) is 67.3 Å². The van der Waals surface area contributed by atoms with Crippen molar-refractivity contribution in [3.8, 4) is 11.3 Å². The summed E-state index contributed by atoms with van der Waals surface area (Å²) in [5.74, 6) is 0. The van der Waals surface area contributed by atoms with E-state index in [2.05, 4.69) is 61.6 Å². The van der Waals surface area contributed by atoms with Crippen molar-refractivity contribution in [1.82, 2.24) is 25.1 Å². The summed E-state index contributed by atoms with van der Waals surface area (Å²) in [4.78, 5) is 12.6. The molecule has 5 heteroatoms. The van der Waals surface area contributed by atoms with Gasteiger partial charge in [0.25, 0.3) is 0 Å². The highest BCUT2D eigenvalue weighted by Crippen LogP contribution is 2.42. The lowest BCUT2D eigenvalue weighted by atomic mass is 9.69. The van der Waals surface area contributed by atoms with Crippen molar-refractivity contribution < 1.29 is 0 Å². The van der Waals surface area contributed by atoms with Gasteiger partial charge in [-0.15, -0.1) is 0 Å². The van der Waals surface area contributed by atoms with Crippen LogP contribution in [0.25, 0.3) is 17.3 Å². The zero-order valence-corrected chi connectivity index (χ0v) is 14.6. The molecule has 0 saturated heterocycles. The van der Waals surface area contributed by atoms with E-state index in [1.807, 2.05) is 43.1 Å². The van der Waals surface area contributed by atoms with Crippen LogP contribution in [0.3, 0.4) is 0 Å².